The number of aliphatic hydroxyl groups is 1. The molecule has 0 saturated heterocycles. The lowest BCUT2D eigenvalue weighted by molar-refractivity contribution is 0.0872. The maximum atomic E-state index is 13.2. The van der Waals surface area contributed by atoms with Crippen molar-refractivity contribution in [3.05, 3.63) is 74.7 Å². The van der Waals surface area contributed by atoms with E-state index in [-0.39, 0.29) is 25.3 Å². The number of imidazole rings is 2. The molecule has 4 aromatic rings. The zero-order valence-electron chi connectivity index (χ0n) is 17.6. The number of ether oxygens (including phenoxy) is 1. The minimum Gasteiger partial charge on any atom is -0.394 e. The summed E-state index contributed by atoms with van der Waals surface area (Å²) >= 11 is 0. The predicted molar refractivity (Wildman–Crippen MR) is 118 cm³/mol. The third-order valence-electron chi connectivity index (χ3n) is 5.23. The fourth-order valence-corrected chi connectivity index (χ4v) is 3.67. The van der Waals surface area contributed by atoms with Gasteiger partial charge in [-0.25, -0.2) is 4.79 Å². The second kappa shape index (κ2) is 8.75. The van der Waals surface area contributed by atoms with E-state index < -0.39 is 5.69 Å². The highest BCUT2D eigenvalue weighted by Gasteiger charge is 2.19. The molecule has 31 heavy (non-hydrogen) atoms. The number of nitrogens with zero attached hydrogens (tertiary/aromatic N) is 5. The van der Waals surface area contributed by atoms with Gasteiger partial charge in [0, 0.05) is 32.0 Å². The Morgan fingerprint density at radius 3 is 2.65 bits per heavy atom. The first-order chi connectivity index (χ1) is 15.0. The van der Waals surface area contributed by atoms with Crippen molar-refractivity contribution in [2.24, 2.45) is 7.05 Å². The average Bonchev–Trinajstić information content (AvgIpc) is 3.28. The summed E-state index contributed by atoms with van der Waals surface area (Å²) in [6, 6.07) is 9.71. The lowest BCUT2D eigenvalue weighted by atomic mass is 10.2. The fraction of sp³-hybridized carbons (Fsp3) is 0.318. The largest absolute Gasteiger partial charge is 0.394 e. The Hall–Kier alpha value is -3.43. The van der Waals surface area contributed by atoms with Crippen LogP contribution in [0.1, 0.15) is 11.3 Å². The van der Waals surface area contributed by atoms with E-state index >= 15 is 0 Å². The van der Waals surface area contributed by atoms with E-state index in [1.54, 1.807) is 17.5 Å². The Bertz CT molecular complexity index is 1360. The molecular formula is C22H25N5O4. The van der Waals surface area contributed by atoms with Gasteiger partial charge in [0.25, 0.3) is 5.56 Å². The molecule has 0 saturated carbocycles. The van der Waals surface area contributed by atoms with E-state index in [2.05, 4.69) is 4.98 Å². The first-order valence-electron chi connectivity index (χ1n) is 10.1. The minimum absolute atomic E-state index is 0.0340. The number of hydrogen-bond donors (Lipinski definition) is 1. The number of rotatable bonds is 8. The number of aromatic nitrogens is 5. The van der Waals surface area contributed by atoms with Crippen molar-refractivity contribution in [1.29, 1.82) is 0 Å². The molecule has 0 spiro atoms. The molecule has 0 aliphatic heterocycles. The van der Waals surface area contributed by atoms with Crippen molar-refractivity contribution in [3.63, 3.8) is 0 Å². The van der Waals surface area contributed by atoms with Crippen molar-refractivity contribution in [2.45, 2.75) is 20.0 Å². The van der Waals surface area contributed by atoms with Crippen LogP contribution in [0.2, 0.25) is 0 Å². The summed E-state index contributed by atoms with van der Waals surface area (Å²) in [4.78, 5) is 30.6. The zero-order valence-corrected chi connectivity index (χ0v) is 17.6. The maximum absolute atomic E-state index is 13.2. The van der Waals surface area contributed by atoms with E-state index in [0.717, 1.165) is 11.3 Å². The highest BCUT2D eigenvalue weighted by atomic mass is 16.5. The maximum Gasteiger partial charge on any atom is 0.332 e. The molecule has 9 heteroatoms. The average molecular weight is 423 g/mol. The minimum atomic E-state index is -0.412. The van der Waals surface area contributed by atoms with Crippen molar-refractivity contribution >= 4 is 23.0 Å². The lowest BCUT2D eigenvalue weighted by Crippen LogP contribution is -2.39. The Labute approximate surface area is 178 Å². The molecule has 4 rings (SSSR count). The molecule has 0 aliphatic rings. The Morgan fingerprint density at radius 2 is 1.90 bits per heavy atom. The van der Waals surface area contributed by atoms with Crippen LogP contribution in [-0.4, -0.2) is 48.0 Å². The number of benzene rings is 1. The molecule has 9 nitrogen and oxygen atoms in total. The van der Waals surface area contributed by atoms with E-state index in [1.165, 1.54) is 9.13 Å². The van der Waals surface area contributed by atoms with Crippen LogP contribution in [0.5, 0.6) is 0 Å². The Kier molecular flexibility index (Phi) is 5.88. The number of allylic oxidation sites excluding steroid dienone is 1. The summed E-state index contributed by atoms with van der Waals surface area (Å²) in [5.41, 5.74) is 1.83. The first-order valence-corrected chi connectivity index (χ1v) is 10.1. The van der Waals surface area contributed by atoms with Gasteiger partial charge in [0.2, 0.25) is 5.78 Å². The summed E-state index contributed by atoms with van der Waals surface area (Å²) in [6.07, 6.45) is 5.53. The first kappa shape index (κ1) is 20.8. The van der Waals surface area contributed by atoms with Crippen molar-refractivity contribution in [3.8, 4) is 0 Å². The highest BCUT2D eigenvalue weighted by molar-refractivity contribution is 5.75. The van der Waals surface area contributed by atoms with E-state index in [9.17, 15) is 9.59 Å². The molecule has 0 aliphatic carbocycles. The highest BCUT2D eigenvalue weighted by Crippen LogP contribution is 2.16. The topological polar surface area (TPSA) is 95.7 Å². The van der Waals surface area contributed by atoms with Gasteiger partial charge < -0.3 is 14.4 Å². The zero-order chi connectivity index (χ0) is 22.0. The van der Waals surface area contributed by atoms with Gasteiger partial charge >= 0.3 is 5.69 Å². The lowest BCUT2D eigenvalue weighted by Gasteiger charge is -2.06. The third kappa shape index (κ3) is 3.85. The summed E-state index contributed by atoms with van der Waals surface area (Å²) in [7, 11) is 1.62. The van der Waals surface area contributed by atoms with E-state index in [1.807, 2.05) is 54.1 Å². The molecule has 0 radical (unpaired) electrons. The number of aliphatic hydroxyl groups excluding tert-OH is 1. The van der Waals surface area contributed by atoms with Gasteiger partial charge in [0.05, 0.1) is 19.8 Å². The second-order valence-corrected chi connectivity index (χ2v) is 7.28. The smallest absolute Gasteiger partial charge is 0.332 e. The van der Waals surface area contributed by atoms with Crippen LogP contribution in [0.3, 0.4) is 0 Å². The van der Waals surface area contributed by atoms with Gasteiger partial charge in [0.1, 0.15) is 0 Å². The molecule has 0 atom stereocenters. The van der Waals surface area contributed by atoms with E-state index in [4.69, 9.17) is 9.84 Å². The number of aryl methyl sites for hydroxylation is 2. The van der Waals surface area contributed by atoms with Crippen LogP contribution >= 0.6 is 0 Å². The van der Waals surface area contributed by atoms with Crippen molar-refractivity contribution in [2.75, 3.05) is 19.8 Å². The predicted octanol–water partition coefficient (Wildman–Crippen LogP) is 1.18. The van der Waals surface area contributed by atoms with E-state index in [0.29, 0.717) is 30.1 Å². The van der Waals surface area contributed by atoms with Gasteiger partial charge in [-0.3, -0.25) is 18.3 Å². The second-order valence-electron chi connectivity index (χ2n) is 7.28. The molecule has 0 amide bonds. The van der Waals surface area contributed by atoms with Crippen LogP contribution in [0, 0.1) is 6.92 Å². The summed E-state index contributed by atoms with van der Waals surface area (Å²) in [5.74, 6) is 0.574. The quantitative estimate of drug-likeness (QED) is 0.430. The number of hydrogen-bond acceptors (Lipinski definition) is 5. The summed E-state index contributed by atoms with van der Waals surface area (Å²) < 4.78 is 11.6. The van der Waals surface area contributed by atoms with Gasteiger partial charge in [-0.05, 0) is 12.5 Å². The van der Waals surface area contributed by atoms with Gasteiger partial charge in [0.15, 0.2) is 11.2 Å². The van der Waals surface area contributed by atoms with Crippen LogP contribution in [-0.2, 0) is 24.9 Å². The summed E-state index contributed by atoms with van der Waals surface area (Å²) in [5, 5.41) is 8.86. The van der Waals surface area contributed by atoms with Crippen LogP contribution in [0.15, 0.2) is 52.2 Å². The van der Waals surface area contributed by atoms with Crippen LogP contribution in [0.4, 0.5) is 0 Å². The molecule has 3 aromatic heterocycles. The Balaban J connectivity index is 1.76. The normalized spacial score (nSPS) is 12.0. The standard InChI is InChI=1S/C22H25N5O4/c1-16-15-27-18-19(23-21(27)25(16)11-13-31-14-12-28)24(2)22(30)26(20(18)29)10-6-9-17-7-4-3-5-8-17/h3-9,15,28H,10-14H2,1-2H3/b9-6+. The fourth-order valence-electron chi connectivity index (χ4n) is 3.67. The number of fused-ring (bicyclic) bond motifs is 3. The molecule has 0 unspecified atom stereocenters. The van der Waals surface area contributed by atoms with Gasteiger partial charge in [-0.15, -0.1) is 0 Å². The van der Waals surface area contributed by atoms with Gasteiger partial charge in [-0.2, -0.15) is 4.98 Å². The molecule has 162 valence electrons. The summed E-state index contributed by atoms with van der Waals surface area (Å²) in [6.45, 7) is 3.25. The third-order valence-corrected chi connectivity index (χ3v) is 5.23. The molecule has 3 heterocycles. The Morgan fingerprint density at radius 1 is 1.13 bits per heavy atom. The molecule has 0 fully saturated rings. The molecular weight excluding hydrogens is 398 g/mol. The molecule has 1 N–H and O–H groups in total. The van der Waals surface area contributed by atoms with Crippen LogP contribution < -0.4 is 11.2 Å². The van der Waals surface area contributed by atoms with Gasteiger partial charge in [-0.1, -0.05) is 42.5 Å². The molecule has 0 bridgehead atoms. The SMILES string of the molecule is Cc1cn2c3c(=O)n(C/C=C/c4ccccc4)c(=O)n(C)c3nc2n1CCOCCO. The molecule has 1 aromatic carbocycles. The van der Waals surface area contributed by atoms with Crippen LogP contribution in [0.25, 0.3) is 23.0 Å². The van der Waals surface area contributed by atoms with Crippen molar-refractivity contribution in [1.82, 2.24) is 23.1 Å². The van der Waals surface area contributed by atoms with Crippen molar-refractivity contribution < 1.29 is 9.84 Å². The monoisotopic (exact) mass is 423 g/mol.